The molecular weight excluding hydrogens is 330 g/mol. The Bertz CT molecular complexity index is 864. The van der Waals surface area contributed by atoms with Gasteiger partial charge in [0, 0.05) is 24.8 Å². The van der Waals surface area contributed by atoms with E-state index in [1.807, 2.05) is 35.2 Å². The number of hydrogen-bond acceptors (Lipinski definition) is 5. The molecule has 2 atom stereocenters. The Balaban J connectivity index is 1.58. The molecular formula is C19H23N5O2. The summed E-state index contributed by atoms with van der Waals surface area (Å²) in [6.45, 7) is 3.28. The molecule has 136 valence electrons. The van der Waals surface area contributed by atoms with Gasteiger partial charge in [0.15, 0.2) is 0 Å². The Labute approximate surface area is 152 Å². The SMILES string of the molecule is C[C@@H]1CCCC[C@H]1NC(=O)c1nnc2n(c1=O)CCN2c1ccccc1. The van der Waals surface area contributed by atoms with Gasteiger partial charge in [0.05, 0.1) is 0 Å². The highest BCUT2D eigenvalue weighted by Gasteiger charge is 2.29. The molecule has 1 aromatic carbocycles. The maximum absolute atomic E-state index is 12.8. The largest absolute Gasteiger partial charge is 0.347 e. The fourth-order valence-corrected chi connectivity index (χ4v) is 3.87. The van der Waals surface area contributed by atoms with Crippen LogP contribution in [0.3, 0.4) is 0 Å². The van der Waals surface area contributed by atoms with Crippen molar-refractivity contribution < 1.29 is 4.79 Å². The molecule has 0 unspecified atom stereocenters. The van der Waals surface area contributed by atoms with E-state index in [4.69, 9.17) is 0 Å². The number of nitrogens with zero attached hydrogens (tertiary/aromatic N) is 4. The number of hydrogen-bond donors (Lipinski definition) is 1. The van der Waals surface area contributed by atoms with E-state index in [1.54, 1.807) is 4.57 Å². The van der Waals surface area contributed by atoms with Gasteiger partial charge < -0.3 is 10.2 Å². The van der Waals surface area contributed by atoms with Crippen LogP contribution in [0.2, 0.25) is 0 Å². The van der Waals surface area contributed by atoms with E-state index >= 15 is 0 Å². The first-order valence-corrected chi connectivity index (χ1v) is 9.26. The summed E-state index contributed by atoms with van der Waals surface area (Å²) in [5, 5.41) is 11.2. The van der Waals surface area contributed by atoms with Gasteiger partial charge in [-0.25, -0.2) is 0 Å². The summed E-state index contributed by atoms with van der Waals surface area (Å²) in [5.41, 5.74) is 0.483. The van der Waals surface area contributed by atoms with E-state index < -0.39 is 5.91 Å². The number of benzene rings is 1. The molecule has 1 aromatic heterocycles. The van der Waals surface area contributed by atoms with Crippen LogP contribution >= 0.6 is 0 Å². The fraction of sp³-hybridized carbons (Fsp3) is 0.474. The predicted octanol–water partition coefficient (Wildman–Crippen LogP) is 2.10. The first-order valence-electron chi connectivity index (χ1n) is 9.26. The van der Waals surface area contributed by atoms with Crippen LogP contribution in [-0.2, 0) is 6.54 Å². The maximum Gasteiger partial charge on any atom is 0.286 e. The molecule has 7 nitrogen and oxygen atoms in total. The molecule has 2 aliphatic rings. The van der Waals surface area contributed by atoms with E-state index in [1.165, 1.54) is 6.42 Å². The van der Waals surface area contributed by atoms with E-state index in [2.05, 4.69) is 22.4 Å². The van der Waals surface area contributed by atoms with Crippen LogP contribution in [0.4, 0.5) is 11.6 Å². The average Bonchev–Trinajstić information content (AvgIpc) is 3.09. The standard InChI is InChI=1S/C19H23N5O2/c1-13-7-5-6-10-15(13)20-17(25)16-18(26)24-12-11-23(19(24)22-21-16)14-8-3-2-4-9-14/h2-4,8-9,13,15H,5-7,10-12H2,1H3,(H,20,25)/t13-,15-/m1/s1. The second-order valence-electron chi connectivity index (χ2n) is 7.13. The van der Waals surface area contributed by atoms with Gasteiger partial charge in [-0.3, -0.25) is 14.2 Å². The zero-order valence-electron chi connectivity index (χ0n) is 14.9. The molecule has 2 heterocycles. The molecule has 1 N–H and O–H groups in total. The minimum absolute atomic E-state index is 0.108. The highest BCUT2D eigenvalue weighted by atomic mass is 16.2. The van der Waals surface area contributed by atoms with Crippen molar-refractivity contribution in [2.75, 3.05) is 11.4 Å². The van der Waals surface area contributed by atoms with Crippen molar-refractivity contribution in [2.45, 2.75) is 45.2 Å². The van der Waals surface area contributed by atoms with Gasteiger partial charge in [-0.2, -0.15) is 0 Å². The van der Waals surface area contributed by atoms with Crippen LogP contribution in [0.1, 0.15) is 43.1 Å². The van der Waals surface area contributed by atoms with Gasteiger partial charge in [0.25, 0.3) is 11.5 Å². The molecule has 0 radical (unpaired) electrons. The lowest BCUT2D eigenvalue weighted by molar-refractivity contribution is 0.0901. The minimum Gasteiger partial charge on any atom is -0.347 e. The summed E-state index contributed by atoms with van der Waals surface area (Å²) >= 11 is 0. The number of amides is 1. The van der Waals surface area contributed by atoms with Gasteiger partial charge in [0.1, 0.15) is 0 Å². The van der Waals surface area contributed by atoms with Crippen molar-refractivity contribution in [1.82, 2.24) is 20.1 Å². The van der Waals surface area contributed by atoms with Crippen LogP contribution in [-0.4, -0.2) is 33.3 Å². The quantitative estimate of drug-likeness (QED) is 0.914. The fourth-order valence-electron chi connectivity index (χ4n) is 3.87. The number of fused-ring (bicyclic) bond motifs is 1. The lowest BCUT2D eigenvalue weighted by atomic mass is 9.86. The Morgan fingerprint density at radius 1 is 1.12 bits per heavy atom. The van der Waals surface area contributed by atoms with Gasteiger partial charge in [-0.1, -0.05) is 38.0 Å². The normalized spacial score (nSPS) is 22.1. The topological polar surface area (TPSA) is 80.1 Å². The first kappa shape index (κ1) is 16.8. The highest BCUT2D eigenvalue weighted by Crippen LogP contribution is 2.26. The lowest BCUT2D eigenvalue weighted by Crippen LogP contribution is -2.44. The number of aromatic nitrogens is 3. The lowest BCUT2D eigenvalue weighted by Gasteiger charge is -2.29. The predicted molar refractivity (Wildman–Crippen MR) is 98.6 cm³/mol. The summed E-state index contributed by atoms with van der Waals surface area (Å²) in [5.74, 6) is 0.505. The minimum atomic E-state index is -0.408. The zero-order valence-corrected chi connectivity index (χ0v) is 14.9. The van der Waals surface area contributed by atoms with E-state index in [9.17, 15) is 9.59 Å². The average molecular weight is 353 g/mol. The molecule has 0 bridgehead atoms. The summed E-state index contributed by atoms with van der Waals surface area (Å²) in [6, 6.07) is 9.86. The van der Waals surface area contributed by atoms with Gasteiger partial charge in [-0.15, -0.1) is 10.2 Å². The van der Waals surface area contributed by atoms with Crippen molar-refractivity contribution >= 4 is 17.5 Å². The highest BCUT2D eigenvalue weighted by molar-refractivity contribution is 5.92. The second-order valence-corrected chi connectivity index (χ2v) is 7.13. The molecule has 26 heavy (non-hydrogen) atoms. The summed E-state index contributed by atoms with van der Waals surface area (Å²) in [4.78, 5) is 27.3. The monoisotopic (exact) mass is 353 g/mol. The second kappa shape index (κ2) is 6.90. The van der Waals surface area contributed by atoms with E-state index in [0.717, 1.165) is 24.9 Å². The zero-order chi connectivity index (χ0) is 18.1. The van der Waals surface area contributed by atoms with Crippen molar-refractivity contribution in [3.8, 4) is 0 Å². The number of anilines is 2. The first-order chi connectivity index (χ1) is 12.6. The smallest absolute Gasteiger partial charge is 0.286 e. The van der Waals surface area contributed by atoms with Crippen molar-refractivity contribution in [2.24, 2.45) is 5.92 Å². The van der Waals surface area contributed by atoms with Crippen molar-refractivity contribution in [3.05, 3.63) is 46.4 Å². The van der Waals surface area contributed by atoms with Gasteiger partial charge in [-0.05, 0) is 30.9 Å². The molecule has 0 spiro atoms. The van der Waals surface area contributed by atoms with Crippen LogP contribution in [0.25, 0.3) is 0 Å². The molecule has 0 saturated heterocycles. The van der Waals surface area contributed by atoms with Crippen LogP contribution in [0, 0.1) is 5.92 Å². The third kappa shape index (κ3) is 2.98. The van der Waals surface area contributed by atoms with Crippen LogP contribution < -0.4 is 15.8 Å². The van der Waals surface area contributed by atoms with Crippen molar-refractivity contribution in [1.29, 1.82) is 0 Å². The number of nitrogens with one attached hydrogen (secondary N) is 1. The van der Waals surface area contributed by atoms with Crippen LogP contribution in [0.15, 0.2) is 35.1 Å². The Hall–Kier alpha value is -2.70. The van der Waals surface area contributed by atoms with Gasteiger partial charge >= 0.3 is 0 Å². The summed E-state index contributed by atoms with van der Waals surface area (Å²) in [6.07, 6.45) is 4.36. The number of carbonyl (C=O) groups is 1. The molecule has 1 saturated carbocycles. The maximum atomic E-state index is 12.8. The Kier molecular flexibility index (Phi) is 4.44. The molecule has 2 aromatic rings. The Morgan fingerprint density at radius 3 is 2.65 bits per heavy atom. The number of para-hydroxylation sites is 1. The molecule has 4 rings (SSSR count). The van der Waals surface area contributed by atoms with E-state index in [0.29, 0.717) is 25.0 Å². The van der Waals surface area contributed by atoms with E-state index in [-0.39, 0.29) is 17.3 Å². The molecule has 1 aliphatic heterocycles. The molecule has 1 amide bonds. The third-order valence-corrected chi connectivity index (χ3v) is 5.43. The third-order valence-electron chi connectivity index (χ3n) is 5.43. The molecule has 1 fully saturated rings. The number of carbonyl (C=O) groups excluding carboxylic acids is 1. The molecule has 7 heteroatoms. The summed E-state index contributed by atoms with van der Waals surface area (Å²) < 4.78 is 1.54. The number of rotatable bonds is 3. The summed E-state index contributed by atoms with van der Waals surface area (Å²) in [7, 11) is 0. The van der Waals surface area contributed by atoms with Gasteiger partial charge in [0.2, 0.25) is 11.6 Å². The van der Waals surface area contributed by atoms with Crippen molar-refractivity contribution in [3.63, 3.8) is 0 Å². The molecule has 1 aliphatic carbocycles. The Morgan fingerprint density at radius 2 is 1.88 bits per heavy atom. The van der Waals surface area contributed by atoms with Crippen LogP contribution in [0.5, 0.6) is 0 Å².